The zero-order valence-electron chi connectivity index (χ0n) is 20.1. The van der Waals surface area contributed by atoms with Crippen molar-refractivity contribution in [2.75, 3.05) is 18.8 Å². The van der Waals surface area contributed by atoms with Crippen LogP contribution in [-0.4, -0.2) is 62.8 Å². The van der Waals surface area contributed by atoms with Crippen molar-refractivity contribution in [1.82, 2.24) is 14.8 Å². The quantitative estimate of drug-likeness (QED) is 0.499. The van der Waals surface area contributed by atoms with Crippen molar-refractivity contribution in [2.24, 2.45) is 11.7 Å². The molecule has 9 heteroatoms. The SMILES string of the molecule is NC(=O)[C@@H]1CCCN1C(=O)[C@@H](CC1CCCCC1)N(CC(=O)O)Cc1ccc2c(N)nccc2c1. The molecule has 1 saturated carbocycles. The van der Waals surface area contributed by atoms with Crippen molar-refractivity contribution in [1.29, 1.82) is 0 Å². The Morgan fingerprint density at radius 1 is 1.11 bits per heavy atom. The molecule has 2 aromatic rings. The van der Waals surface area contributed by atoms with Crippen molar-refractivity contribution >= 4 is 34.4 Å². The Bertz CT molecular complexity index is 1080. The second kappa shape index (κ2) is 11.0. The van der Waals surface area contributed by atoms with Crippen LogP contribution in [0.3, 0.4) is 0 Å². The van der Waals surface area contributed by atoms with E-state index in [1.165, 1.54) is 6.42 Å². The van der Waals surface area contributed by atoms with Crippen LogP contribution in [-0.2, 0) is 20.9 Å². The summed E-state index contributed by atoms with van der Waals surface area (Å²) in [6, 6.07) is 6.36. The first-order chi connectivity index (χ1) is 16.8. The highest BCUT2D eigenvalue weighted by molar-refractivity contribution is 5.91. The number of likely N-dealkylation sites (tertiary alicyclic amines) is 1. The lowest BCUT2D eigenvalue weighted by molar-refractivity contribution is -0.146. The Kier molecular flexibility index (Phi) is 7.85. The van der Waals surface area contributed by atoms with Gasteiger partial charge in [0.05, 0.1) is 12.6 Å². The molecule has 1 aliphatic carbocycles. The molecule has 0 bridgehead atoms. The maximum atomic E-state index is 13.9. The van der Waals surface area contributed by atoms with Crippen LogP contribution in [0.15, 0.2) is 30.5 Å². The molecule has 0 radical (unpaired) electrons. The summed E-state index contributed by atoms with van der Waals surface area (Å²) >= 11 is 0. The number of rotatable bonds is 9. The first-order valence-corrected chi connectivity index (χ1v) is 12.5. The number of anilines is 1. The summed E-state index contributed by atoms with van der Waals surface area (Å²) in [6.07, 6.45) is 9.00. The molecular weight excluding hydrogens is 446 g/mol. The van der Waals surface area contributed by atoms with Crippen LogP contribution >= 0.6 is 0 Å². The predicted molar refractivity (Wildman–Crippen MR) is 133 cm³/mol. The number of aliphatic carboxylic acids is 1. The fraction of sp³-hybridized carbons (Fsp3) is 0.538. The normalized spacial score (nSPS) is 19.8. The van der Waals surface area contributed by atoms with Crippen LogP contribution in [0, 0.1) is 5.92 Å². The van der Waals surface area contributed by atoms with Gasteiger partial charge in [0.2, 0.25) is 11.8 Å². The van der Waals surface area contributed by atoms with Gasteiger partial charge in [-0.15, -0.1) is 0 Å². The van der Waals surface area contributed by atoms with Gasteiger partial charge in [-0.3, -0.25) is 19.3 Å². The number of benzene rings is 1. The largest absolute Gasteiger partial charge is 0.480 e. The van der Waals surface area contributed by atoms with Gasteiger partial charge >= 0.3 is 5.97 Å². The minimum atomic E-state index is -0.992. The van der Waals surface area contributed by atoms with Gasteiger partial charge in [-0.2, -0.15) is 0 Å². The van der Waals surface area contributed by atoms with Crippen molar-refractivity contribution in [3.8, 4) is 0 Å². The Balaban J connectivity index is 1.65. The van der Waals surface area contributed by atoms with E-state index < -0.39 is 24.0 Å². The molecular formula is C26H35N5O4. The maximum absolute atomic E-state index is 13.9. The van der Waals surface area contributed by atoms with E-state index in [0.29, 0.717) is 44.1 Å². The molecule has 0 spiro atoms. The van der Waals surface area contributed by atoms with Crippen molar-refractivity contribution in [2.45, 2.75) is 70.0 Å². The smallest absolute Gasteiger partial charge is 0.317 e. The maximum Gasteiger partial charge on any atom is 0.317 e. The lowest BCUT2D eigenvalue weighted by atomic mass is 9.84. The molecule has 0 unspecified atom stereocenters. The first kappa shape index (κ1) is 24.9. The summed E-state index contributed by atoms with van der Waals surface area (Å²) < 4.78 is 0. The number of hydrogen-bond acceptors (Lipinski definition) is 6. The molecule has 2 heterocycles. The van der Waals surface area contributed by atoms with E-state index in [0.717, 1.165) is 42.0 Å². The molecule has 9 nitrogen and oxygen atoms in total. The number of carboxylic acids is 1. The van der Waals surface area contributed by atoms with Gasteiger partial charge < -0.3 is 21.5 Å². The second-order valence-corrected chi connectivity index (χ2v) is 9.90. The molecule has 2 aliphatic rings. The summed E-state index contributed by atoms with van der Waals surface area (Å²) in [6.45, 7) is 0.494. The Morgan fingerprint density at radius 2 is 1.89 bits per heavy atom. The third-order valence-corrected chi connectivity index (χ3v) is 7.46. The van der Waals surface area contributed by atoms with Crippen molar-refractivity contribution < 1.29 is 19.5 Å². The Morgan fingerprint density at radius 3 is 2.60 bits per heavy atom. The van der Waals surface area contributed by atoms with Crippen LogP contribution in [0.4, 0.5) is 5.82 Å². The zero-order chi connectivity index (χ0) is 24.9. The standard InChI is InChI=1S/C26H35N5O4/c27-24-20-9-8-18(13-19(20)10-11-29-24)15-30(16-23(32)33)22(14-17-5-2-1-3-6-17)26(35)31-12-4-7-21(31)25(28)34/h8-11,13,17,21-22H,1-7,12,14-16H2,(H2,27,29)(H2,28,34)(H,32,33)/t21-,22+/m0/s1. The molecule has 2 fully saturated rings. The lowest BCUT2D eigenvalue weighted by Gasteiger charge is -2.36. The molecule has 1 saturated heterocycles. The Hall–Kier alpha value is -3.20. The Labute approximate surface area is 205 Å². The minimum absolute atomic E-state index is 0.188. The number of primary amides is 1. The van der Waals surface area contributed by atoms with Gasteiger partial charge in [-0.25, -0.2) is 4.98 Å². The van der Waals surface area contributed by atoms with Gasteiger partial charge in [0.1, 0.15) is 11.9 Å². The number of amides is 2. The number of nitrogens with two attached hydrogens (primary N) is 2. The average molecular weight is 482 g/mol. The van der Waals surface area contributed by atoms with Gasteiger partial charge in [-0.05, 0) is 48.3 Å². The van der Waals surface area contributed by atoms with E-state index >= 15 is 0 Å². The summed E-state index contributed by atoms with van der Waals surface area (Å²) in [7, 11) is 0. The number of carbonyl (C=O) groups excluding carboxylic acids is 2. The van der Waals surface area contributed by atoms with E-state index in [2.05, 4.69) is 4.98 Å². The van der Waals surface area contributed by atoms with Crippen LogP contribution in [0.2, 0.25) is 0 Å². The molecule has 4 rings (SSSR count). The number of hydrogen-bond donors (Lipinski definition) is 3. The summed E-state index contributed by atoms with van der Waals surface area (Å²) in [5.41, 5.74) is 12.5. The highest BCUT2D eigenvalue weighted by Gasteiger charge is 2.39. The monoisotopic (exact) mass is 481 g/mol. The van der Waals surface area contributed by atoms with Gasteiger partial charge in [0.25, 0.3) is 0 Å². The zero-order valence-corrected chi connectivity index (χ0v) is 20.1. The topological polar surface area (TPSA) is 143 Å². The highest BCUT2D eigenvalue weighted by Crippen LogP contribution is 2.31. The van der Waals surface area contributed by atoms with Crippen molar-refractivity contribution in [3.63, 3.8) is 0 Å². The van der Waals surface area contributed by atoms with Gasteiger partial charge in [-0.1, -0.05) is 44.2 Å². The average Bonchev–Trinajstić information content (AvgIpc) is 3.33. The minimum Gasteiger partial charge on any atom is -0.480 e. The molecule has 188 valence electrons. The molecule has 1 aromatic carbocycles. The molecule has 2 atom stereocenters. The fourth-order valence-electron chi connectivity index (χ4n) is 5.70. The number of nitrogen functional groups attached to an aromatic ring is 1. The van der Waals surface area contributed by atoms with Gasteiger partial charge in [0.15, 0.2) is 0 Å². The van der Waals surface area contributed by atoms with E-state index in [4.69, 9.17) is 11.5 Å². The van der Waals surface area contributed by atoms with E-state index in [1.54, 1.807) is 16.0 Å². The molecule has 1 aromatic heterocycles. The number of fused-ring (bicyclic) bond motifs is 1. The van der Waals surface area contributed by atoms with Crippen LogP contribution < -0.4 is 11.5 Å². The summed E-state index contributed by atoms with van der Waals surface area (Å²) in [4.78, 5) is 45.2. The summed E-state index contributed by atoms with van der Waals surface area (Å²) in [5, 5.41) is 11.5. The number of aromatic nitrogens is 1. The summed E-state index contributed by atoms with van der Waals surface area (Å²) in [5.74, 6) is -0.891. The molecule has 2 amide bonds. The molecule has 35 heavy (non-hydrogen) atoms. The number of nitrogens with zero attached hydrogens (tertiary/aromatic N) is 3. The van der Waals surface area contributed by atoms with Gasteiger partial charge in [0, 0.05) is 24.7 Å². The van der Waals surface area contributed by atoms with Crippen LogP contribution in [0.5, 0.6) is 0 Å². The lowest BCUT2D eigenvalue weighted by Crippen LogP contribution is -2.54. The third kappa shape index (κ3) is 5.90. The third-order valence-electron chi connectivity index (χ3n) is 7.46. The number of carbonyl (C=O) groups is 3. The highest BCUT2D eigenvalue weighted by atomic mass is 16.4. The van der Waals surface area contributed by atoms with E-state index in [1.807, 2.05) is 24.3 Å². The second-order valence-electron chi connectivity index (χ2n) is 9.90. The predicted octanol–water partition coefficient (Wildman–Crippen LogP) is 2.52. The van der Waals surface area contributed by atoms with Crippen LogP contribution in [0.25, 0.3) is 10.8 Å². The van der Waals surface area contributed by atoms with Crippen molar-refractivity contribution in [3.05, 3.63) is 36.0 Å². The first-order valence-electron chi connectivity index (χ1n) is 12.5. The number of carboxylic acid groups (broad SMARTS) is 1. The van der Waals surface area contributed by atoms with Crippen LogP contribution in [0.1, 0.15) is 56.9 Å². The molecule has 5 N–H and O–H groups in total. The van der Waals surface area contributed by atoms with E-state index in [9.17, 15) is 19.5 Å². The fourth-order valence-corrected chi connectivity index (χ4v) is 5.70. The molecule has 1 aliphatic heterocycles. The van der Waals surface area contributed by atoms with E-state index in [-0.39, 0.29) is 12.5 Å². The number of pyridine rings is 1.